The largest absolute Gasteiger partial charge is 0.416 e. The highest BCUT2D eigenvalue weighted by molar-refractivity contribution is 5.79. The molecule has 0 spiro atoms. The van der Waals surface area contributed by atoms with Gasteiger partial charge in [0.2, 0.25) is 5.91 Å². The second kappa shape index (κ2) is 7.74. The lowest BCUT2D eigenvalue weighted by molar-refractivity contribution is -0.137. The molecule has 138 valence electrons. The molecule has 1 saturated carbocycles. The van der Waals surface area contributed by atoms with Crippen molar-refractivity contribution < 1.29 is 22.7 Å². The van der Waals surface area contributed by atoms with Gasteiger partial charge in [0, 0.05) is 25.6 Å². The Balaban J connectivity index is 1.71. The zero-order chi connectivity index (χ0) is 17.9. The molecule has 0 radical (unpaired) electrons. The SMILES string of the molecule is O=C(NC[C@@H](c1ccc(C(F)(F)F)cc1)N1CCOCC1)C1CCC1. The number of rotatable bonds is 5. The molecule has 1 N–H and O–H groups in total. The van der Waals surface area contributed by atoms with Crippen molar-refractivity contribution in [3.05, 3.63) is 35.4 Å². The Morgan fingerprint density at radius 1 is 1.20 bits per heavy atom. The Kier molecular flexibility index (Phi) is 5.64. The fourth-order valence-electron chi connectivity index (χ4n) is 3.25. The van der Waals surface area contributed by atoms with E-state index < -0.39 is 11.7 Å². The van der Waals surface area contributed by atoms with Crippen LogP contribution in [0.4, 0.5) is 13.2 Å². The van der Waals surface area contributed by atoms with Gasteiger partial charge in [0.05, 0.1) is 24.8 Å². The van der Waals surface area contributed by atoms with Gasteiger partial charge < -0.3 is 10.1 Å². The van der Waals surface area contributed by atoms with Crippen LogP contribution in [0.2, 0.25) is 0 Å². The van der Waals surface area contributed by atoms with Crippen LogP contribution in [0.5, 0.6) is 0 Å². The van der Waals surface area contributed by atoms with Crippen molar-refractivity contribution in [3.63, 3.8) is 0 Å². The molecule has 1 atom stereocenters. The molecular weight excluding hydrogens is 333 g/mol. The van der Waals surface area contributed by atoms with Crippen molar-refractivity contribution >= 4 is 5.91 Å². The van der Waals surface area contributed by atoms with Crippen LogP contribution in [-0.2, 0) is 15.7 Å². The Hall–Kier alpha value is -1.60. The second-order valence-corrected chi connectivity index (χ2v) is 6.66. The number of amides is 1. The number of benzene rings is 1. The van der Waals surface area contributed by atoms with Gasteiger partial charge in [-0.25, -0.2) is 0 Å². The van der Waals surface area contributed by atoms with Crippen molar-refractivity contribution in [2.45, 2.75) is 31.5 Å². The third-order valence-electron chi connectivity index (χ3n) is 5.05. The van der Waals surface area contributed by atoms with E-state index in [1.165, 1.54) is 12.1 Å². The minimum Gasteiger partial charge on any atom is -0.379 e. The number of alkyl halides is 3. The van der Waals surface area contributed by atoms with Gasteiger partial charge in [0.25, 0.3) is 0 Å². The molecule has 25 heavy (non-hydrogen) atoms. The van der Waals surface area contributed by atoms with E-state index in [9.17, 15) is 18.0 Å². The predicted octanol–water partition coefficient (Wildman–Crippen LogP) is 3.00. The molecule has 0 aromatic heterocycles. The summed E-state index contributed by atoms with van der Waals surface area (Å²) in [6.07, 6.45) is -1.40. The average Bonchev–Trinajstić information content (AvgIpc) is 2.54. The van der Waals surface area contributed by atoms with Gasteiger partial charge in [0.1, 0.15) is 0 Å². The number of halogens is 3. The van der Waals surface area contributed by atoms with Gasteiger partial charge in [0.15, 0.2) is 0 Å². The number of morpholine rings is 1. The van der Waals surface area contributed by atoms with Crippen LogP contribution in [0.15, 0.2) is 24.3 Å². The number of carbonyl (C=O) groups excluding carboxylic acids is 1. The summed E-state index contributed by atoms with van der Waals surface area (Å²) in [7, 11) is 0. The van der Waals surface area contributed by atoms with E-state index in [4.69, 9.17) is 4.74 Å². The summed E-state index contributed by atoms with van der Waals surface area (Å²) in [6.45, 7) is 2.98. The van der Waals surface area contributed by atoms with E-state index in [1.54, 1.807) is 0 Å². The van der Waals surface area contributed by atoms with E-state index in [-0.39, 0.29) is 17.9 Å². The van der Waals surface area contributed by atoms with E-state index in [2.05, 4.69) is 10.2 Å². The summed E-state index contributed by atoms with van der Waals surface area (Å²) in [6, 6.07) is 5.10. The third kappa shape index (κ3) is 4.52. The molecule has 0 unspecified atom stereocenters. The minimum atomic E-state index is -4.34. The van der Waals surface area contributed by atoms with Crippen LogP contribution >= 0.6 is 0 Å². The monoisotopic (exact) mass is 356 g/mol. The van der Waals surface area contributed by atoms with Crippen LogP contribution in [0.25, 0.3) is 0 Å². The van der Waals surface area contributed by atoms with E-state index >= 15 is 0 Å². The molecule has 1 aliphatic heterocycles. The lowest BCUT2D eigenvalue weighted by Crippen LogP contribution is -2.45. The number of hydrogen-bond donors (Lipinski definition) is 1. The fourth-order valence-corrected chi connectivity index (χ4v) is 3.25. The lowest BCUT2D eigenvalue weighted by Gasteiger charge is -2.35. The fraction of sp³-hybridized carbons (Fsp3) is 0.611. The van der Waals surface area contributed by atoms with Crippen molar-refractivity contribution in [2.75, 3.05) is 32.8 Å². The molecule has 1 aliphatic carbocycles. The number of nitrogens with one attached hydrogen (secondary N) is 1. The van der Waals surface area contributed by atoms with E-state index in [0.29, 0.717) is 32.8 Å². The highest BCUT2D eigenvalue weighted by Crippen LogP contribution is 2.31. The quantitative estimate of drug-likeness (QED) is 0.882. The molecule has 1 saturated heterocycles. The standard InChI is InChI=1S/C18H23F3N2O2/c19-18(20,21)15-6-4-13(5-7-15)16(23-8-10-25-11-9-23)12-22-17(24)14-2-1-3-14/h4-7,14,16H,1-3,8-12H2,(H,22,24)/t16-/m0/s1. The van der Waals surface area contributed by atoms with Gasteiger partial charge in [-0.05, 0) is 30.5 Å². The summed E-state index contributed by atoms with van der Waals surface area (Å²) in [4.78, 5) is 14.3. The lowest BCUT2D eigenvalue weighted by atomic mass is 9.85. The van der Waals surface area contributed by atoms with Gasteiger partial charge in [-0.2, -0.15) is 13.2 Å². The second-order valence-electron chi connectivity index (χ2n) is 6.66. The first-order valence-corrected chi connectivity index (χ1v) is 8.72. The topological polar surface area (TPSA) is 41.6 Å². The van der Waals surface area contributed by atoms with Crippen LogP contribution < -0.4 is 5.32 Å². The predicted molar refractivity (Wildman–Crippen MR) is 86.9 cm³/mol. The maximum Gasteiger partial charge on any atom is 0.416 e. The zero-order valence-electron chi connectivity index (χ0n) is 14.0. The molecule has 1 aromatic rings. The van der Waals surface area contributed by atoms with Gasteiger partial charge >= 0.3 is 6.18 Å². The van der Waals surface area contributed by atoms with Crippen molar-refractivity contribution in [2.24, 2.45) is 5.92 Å². The highest BCUT2D eigenvalue weighted by atomic mass is 19.4. The first kappa shape index (κ1) is 18.2. The maximum absolute atomic E-state index is 12.8. The van der Waals surface area contributed by atoms with Crippen LogP contribution in [0.3, 0.4) is 0 Å². The van der Waals surface area contributed by atoms with Gasteiger partial charge in [-0.15, -0.1) is 0 Å². The molecule has 1 heterocycles. The first-order chi connectivity index (χ1) is 11.9. The number of carbonyl (C=O) groups is 1. The summed E-state index contributed by atoms with van der Waals surface area (Å²) in [5, 5.41) is 2.98. The Morgan fingerprint density at radius 2 is 1.84 bits per heavy atom. The molecule has 7 heteroatoms. The summed E-state index contributed by atoms with van der Waals surface area (Å²) < 4.78 is 43.7. The number of nitrogens with zero attached hydrogens (tertiary/aromatic N) is 1. The Bertz CT molecular complexity index is 579. The Labute approximate surface area is 145 Å². The zero-order valence-corrected chi connectivity index (χ0v) is 14.0. The molecule has 1 amide bonds. The van der Waals surface area contributed by atoms with Gasteiger partial charge in [-0.3, -0.25) is 9.69 Å². The highest BCUT2D eigenvalue weighted by Gasteiger charge is 2.31. The summed E-state index contributed by atoms with van der Waals surface area (Å²) >= 11 is 0. The smallest absolute Gasteiger partial charge is 0.379 e. The molecule has 1 aromatic carbocycles. The average molecular weight is 356 g/mol. The van der Waals surface area contributed by atoms with Crippen LogP contribution in [-0.4, -0.2) is 43.7 Å². The summed E-state index contributed by atoms with van der Waals surface area (Å²) in [5.41, 5.74) is 0.124. The summed E-state index contributed by atoms with van der Waals surface area (Å²) in [5.74, 6) is 0.148. The number of hydrogen-bond acceptors (Lipinski definition) is 3. The maximum atomic E-state index is 12.8. The van der Waals surface area contributed by atoms with Crippen molar-refractivity contribution in [1.82, 2.24) is 10.2 Å². The van der Waals surface area contributed by atoms with Crippen molar-refractivity contribution in [1.29, 1.82) is 0 Å². The molecule has 2 fully saturated rings. The minimum absolute atomic E-state index is 0.0522. The molecule has 0 bridgehead atoms. The van der Waals surface area contributed by atoms with Crippen LogP contribution in [0, 0.1) is 5.92 Å². The normalized spacial score (nSPS) is 20.8. The molecule has 4 nitrogen and oxygen atoms in total. The van der Waals surface area contributed by atoms with Gasteiger partial charge in [-0.1, -0.05) is 18.6 Å². The molecular formula is C18H23F3N2O2. The van der Waals surface area contributed by atoms with Crippen molar-refractivity contribution in [3.8, 4) is 0 Å². The third-order valence-corrected chi connectivity index (χ3v) is 5.05. The molecule has 2 aliphatic rings. The first-order valence-electron chi connectivity index (χ1n) is 8.72. The van der Waals surface area contributed by atoms with E-state index in [1.807, 2.05) is 0 Å². The van der Waals surface area contributed by atoms with E-state index in [0.717, 1.165) is 37.0 Å². The number of ether oxygens (including phenoxy) is 1. The Morgan fingerprint density at radius 3 is 2.36 bits per heavy atom. The molecule has 3 rings (SSSR count). The van der Waals surface area contributed by atoms with Crippen LogP contribution in [0.1, 0.15) is 36.4 Å².